The SMILES string of the molecule is CC(C)[Si](OCC(OC1CCCCO1)c1ccccc1)(C(C)C)C(C)C. The molecule has 1 aromatic rings. The molecule has 0 aromatic heterocycles. The van der Waals surface area contributed by atoms with Gasteiger partial charge in [0.1, 0.15) is 6.10 Å². The summed E-state index contributed by atoms with van der Waals surface area (Å²) in [6, 6.07) is 10.5. The average molecular weight is 379 g/mol. The van der Waals surface area contributed by atoms with E-state index in [9.17, 15) is 0 Å². The maximum absolute atomic E-state index is 6.83. The standard InChI is InChI=1S/C22H38O3Si/c1-17(2)26(18(3)4,19(5)6)24-16-21(20-12-8-7-9-13-20)25-22-14-10-11-15-23-22/h7-9,12-13,17-19,21-22H,10-11,14-16H2,1-6H3. The molecule has 0 aliphatic carbocycles. The van der Waals surface area contributed by atoms with Gasteiger partial charge in [-0.15, -0.1) is 0 Å². The van der Waals surface area contributed by atoms with Crippen molar-refractivity contribution in [3.05, 3.63) is 35.9 Å². The van der Waals surface area contributed by atoms with E-state index < -0.39 is 8.32 Å². The van der Waals surface area contributed by atoms with Crippen molar-refractivity contribution in [2.75, 3.05) is 13.2 Å². The fourth-order valence-corrected chi connectivity index (χ4v) is 10.0. The Labute approximate surface area is 161 Å². The van der Waals surface area contributed by atoms with Gasteiger partial charge in [0.15, 0.2) is 14.6 Å². The second-order valence-electron chi connectivity index (χ2n) is 8.46. The smallest absolute Gasteiger partial charge is 0.200 e. The van der Waals surface area contributed by atoms with Crippen molar-refractivity contribution in [1.82, 2.24) is 0 Å². The first-order valence-electron chi connectivity index (χ1n) is 10.3. The normalized spacial score (nSPS) is 20.1. The molecule has 1 aliphatic rings. The number of ether oxygens (including phenoxy) is 2. The lowest BCUT2D eigenvalue weighted by Crippen LogP contribution is -2.48. The van der Waals surface area contributed by atoms with Crippen molar-refractivity contribution in [1.29, 1.82) is 0 Å². The van der Waals surface area contributed by atoms with Gasteiger partial charge in [-0.05, 0) is 41.4 Å². The quantitative estimate of drug-likeness (QED) is 0.461. The van der Waals surface area contributed by atoms with Gasteiger partial charge in [0.05, 0.1) is 6.61 Å². The van der Waals surface area contributed by atoms with Gasteiger partial charge in [0.25, 0.3) is 0 Å². The first-order valence-corrected chi connectivity index (χ1v) is 12.5. The topological polar surface area (TPSA) is 27.7 Å². The Hall–Kier alpha value is -0.683. The lowest BCUT2D eigenvalue weighted by atomic mass is 10.1. The van der Waals surface area contributed by atoms with Crippen LogP contribution in [-0.4, -0.2) is 27.8 Å². The van der Waals surface area contributed by atoms with Crippen LogP contribution in [0, 0.1) is 0 Å². The van der Waals surface area contributed by atoms with E-state index in [2.05, 4.69) is 65.8 Å². The molecule has 0 saturated carbocycles. The van der Waals surface area contributed by atoms with Gasteiger partial charge >= 0.3 is 0 Å². The molecule has 0 spiro atoms. The Bertz CT molecular complexity index is 488. The van der Waals surface area contributed by atoms with Crippen molar-refractivity contribution in [3.63, 3.8) is 0 Å². The molecule has 0 amide bonds. The average Bonchev–Trinajstić information content (AvgIpc) is 2.62. The number of hydrogen-bond acceptors (Lipinski definition) is 3. The van der Waals surface area contributed by atoms with E-state index in [1.54, 1.807) is 0 Å². The Morgan fingerprint density at radius 2 is 1.58 bits per heavy atom. The highest BCUT2D eigenvalue weighted by molar-refractivity contribution is 6.77. The zero-order valence-electron chi connectivity index (χ0n) is 17.5. The Morgan fingerprint density at radius 1 is 0.962 bits per heavy atom. The molecule has 2 atom stereocenters. The van der Waals surface area contributed by atoms with E-state index in [4.69, 9.17) is 13.9 Å². The molecule has 0 N–H and O–H groups in total. The molecule has 1 aliphatic heterocycles. The molecule has 1 fully saturated rings. The van der Waals surface area contributed by atoms with Crippen molar-refractivity contribution in [2.24, 2.45) is 0 Å². The Kier molecular flexibility index (Phi) is 8.33. The molecule has 0 bridgehead atoms. The third kappa shape index (κ3) is 5.19. The largest absolute Gasteiger partial charge is 0.413 e. The molecule has 1 heterocycles. The van der Waals surface area contributed by atoms with E-state index >= 15 is 0 Å². The van der Waals surface area contributed by atoms with Crippen molar-refractivity contribution < 1.29 is 13.9 Å². The second-order valence-corrected chi connectivity index (χ2v) is 13.9. The maximum Gasteiger partial charge on any atom is 0.200 e. The lowest BCUT2D eigenvalue weighted by Gasteiger charge is -2.43. The first kappa shape index (κ1) is 21.6. The molecule has 2 unspecified atom stereocenters. The summed E-state index contributed by atoms with van der Waals surface area (Å²) in [5.41, 5.74) is 2.90. The molecule has 26 heavy (non-hydrogen) atoms. The van der Waals surface area contributed by atoms with Crippen LogP contribution in [0.3, 0.4) is 0 Å². The third-order valence-corrected chi connectivity index (χ3v) is 11.9. The summed E-state index contributed by atoms with van der Waals surface area (Å²) in [4.78, 5) is 0. The van der Waals surface area contributed by atoms with Gasteiger partial charge in [-0.25, -0.2) is 0 Å². The fourth-order valence-electron chi connectivity index (χ4n) is 4.60. The van der Waals surface area contributed by atoms with Crippen LogP contribution in [0.5, 0.6) is 0 Å². The van der Waals surface area contributed by atoms with Crippen LogP contribution in [0.1, 0.15) is 72.5 Å². The number of rotatable bonds is 9. The molecular weight excluding hydrogens is 340 g/mol. The van der Waals surface area contributed by atoms with E-state index in [1.807, 2.05) is 6.07 Å². The van der Waals surface area contributed by atoms with Crippen LogP contribution < -0.4 is 0 Å². The molecule has 1 aromatic carbocycles. The molecule has 0 radical (unpaired) electrons. The van der Waals surface area contributed by atoms with Gasteiger partial charge in [0, 0.05) is 6.61 Å². The predicted molar refractivity (Wildman–Crippen MR) is 111 cm³/mol. The van der Waals surface area contributed by atoms with Crippen molar-refractivity contribution in [3.8, 4) is 0 Å². The van der Waals surface area contributed by atoms with Crippen LogP contribution in [-0.2, 0) is 13.9 Å². The van der Waals surface area contributed by atoms with Gasteiger partial charge < -0.3 is 13.9 Å². The van der Waals surface area contributed by atoms with Crippen LogP contribution in [0.15, 0.2) is 30.3 Å². The van der Waals surface area contributed by atoms with Crippen molar-refractivity contribution in [2.45, 2.75) is 89.8 Å². The third-order valence-electron chi connectivity index (χ3n) is 5.82. The highest BCUT2D eigenvalue weighted by Gasteiger charge is 2.45. The summed E-state index contributed by atoms with van der Waals surface area (Å²) in [6.07, 6.45) is 3.12. The van der Waals surface area contributed by atoms with Crippen molar-refractivity contribution >= 4 is 8.32 Å². The monoisotopic (exact) mass is 378 g/mol. The zero-order valence-corrected chi connectivity index (χ0v) is 18.5. The summed E-state index contributed by atoms with van der Waals surface area (Å²) >= 11 is 0. The zero-order chi connectivity index (χ0) is 19.2. The molecular formula is C22H38O3Si. The molecule has 2 rings (SSSR count). The van der Waals surface area contributed by atoms with Crippen LogP contribution in [0.2, 0.25) is 16.6 Å². The van der Waals surface area contributed by atoms with Gasteiger partial charge in [-0.1, -0.05) is 71.9 Å². The maximum atomic E-state index is 6.83. The Balaban J connectivity index is 2.17. The van der Waals surface area contributed by atoms with Gasteiger partial charge in [-0.3, -0.25) is 0 Å². The summed E-state index contributed by atoms with van der Waals surface area (Å²) in [6.45, 7) is 15.4. The summed E-state index contributed by atoms with van der Waals surface area (Å²) in [7, 11) is -1.91. The minimum absolute atomic E-state index is 0.0672. The van der Waals surface area contributed by atoms with E-state index in [-0.39, 0.29) is 12.4 Å². The first-order chi connectivity index (χ1) is 12.4. The second kappa shape index (κ2) is 10.0. The molecule has 4 heteroatoms. The van der Waals surface area contributed by atoms with Crippen LogP contribution in [0.4, 0.5) is 0 Å². The summed E-state index contributed by atoms with van der Waals surface area (Å²) in [5, 5.41) is 0. The number of benzene rings is 1. The number of hydrogen-bond donors (Lipinski definition) is 0. The van der Waals surface area contributed by atoms with E-state index in [0.717, 1.165) is 19.4 Å². The van der Waals surface area contributed by atoms with Crippen LogP contribution in [0.25, 0.3) is 0 Å². The highest BCUT2D eigenvalue weighted by Crippen LogP contribution is 2.43. The Morgan fingerprint density at radius 3 is 2.08 bits per heavy atom. The van der Waals surface area contributed by atoms with Crippen LogP contribution >= 0.6 is 0 Å². The minimum atomic E-state index is -1.91. The van der Waals surface area contributed by atoms with Gasteiger partial charge in [-0.2, -0.15) is 0 Å². The fraction of sp³-hybridized carbons (Fsp3) is 0.727. The molecule has 1 saturated heterocycles. The molecule has 3 nitrogen and oxygen atoms in total. The summed E-state index contributed by atoms with van der Waals surface area (Å²) < 4.78 is 19.1. The summed E-state index contributed by atoms with van der Waals surface area (Å²) in [5.74, 6) is 0. The predicted octanol–water partition coefficient (Wildman–Crippen LogP) is 6.46. The lowest BCUT2D eigenvalue weighted by molar-refractivity contribution is -0.195. The minimum Gasteiger partial charge on any atom is -0.413 e. The van der Waals surface area contributed by atoms with E-state index in [1.165, 1.54) is 12.0 Å². The van der Waals surface area contributed by atoms with Gasteiger partial charge in [0.2, 0.25) is 0 Å². The highest BCUT2D eigenvalue weighted by atomic mass is 28.4. The van der Waals surface area contributed by atoms with E-state index in [0.29, 0.717) is 23.2 Å². The molecule has 148 valence electrons.